The van der Waals surface area contributed by atoms with Gasteiger partial charge in [-0.15, -0.1) is 0 Å². The smallest absolute Gasteiger partial charge is 0.0306 e. The lowest BCUT2D eigenvalue weighted by Crippen LogP contribution is -1.99. The Labute approximate surface area is 111 Å². The van der Waals surface area contributed by atoms with Gasteiger partial charge >= 0.3 is 0 Å². The van der Waals surface area contributed by atoms with Crippen LogP contribution in [0, 0.1) is 0 Å². The molecule has 2 nitrogen and oxygen atoms in total. The van der Waals surface area contributed by atoms with Crippen LogP contribution in [0.25, 0.3) is 0 Å². The summed E-state index contributed by atoms with van der Waals surface area (Å²) in [6, 6.07) is 12.7. The van der Waals surface area contributed by atoms with E-state index in [0.29, 0.717) is 5.92 Å². The van der Waals surface area contributed by atoms with Crippen molar-refractivity contribution in [2.45, 2.75) is 19.3 Å². The predicted molar refractivity (Wildman–Crippen MR) is 75.5 cm³/mol. The molecule has 0 bridgehead atoms. The highest BCUT2D eigenvalue weighted by Gasteiger charge is 2.11. The minimum Gasteiger partial charge on any atom is -0.344 e. The fourth-order valence-electron chi connectivity index (χ4n) is 1.94. The SMILES string of the molecule is CCC(c1ccc(Br)cc1)c1cccnc1.N. The van der Waals surface area contributed by atoms with Crippen molar-refractivity contribution in [1.82, 2.24) is 11.1 Å². The highest BCUT2D eigenvalue weighted by atomic mass is 79.9. The van der Waals surface area contributed by atoms with E-state index in [2.05, 4.69) is 58.2 Å². The Bertz CT molecular complexity index is 440. The van der Waals surface area contributed by atoms with Crippen LogP contribution >= 0.6 is 15.9 Å². The van der Waals surface area contributed by atoms with Gasteiger partial charge in [0.05, 0.1) is 0 Å². The molecule has 0 aliphatic heterocycles. The van der Waals surface area contributed by atoms with Crippen molar-refractivity contribution >= 4 is 15.9 Å². The Hall–Kier alpha value is -1.19. The number of aromatic nitrogens is 1. The first kappa shape index (κ1) is 13.9. The Morgan fingerprint density at radius 1 is 1.12 bits per heavy atom. The lowest BCUT2D eigenvalue weighted by atomic mass is 9.90. The lowest BCUT2D eigenvalue weighted by molar-refractivity contribution is 0.772. The van der Waals surface area contributed by atoms with E-state index in [4.69, 9.17) is 0 Å². The normalized spacial score (nSPS) is 11.6. The number of pyridine rings is 1. The molecule has 1 aromatic carbocycles. The van der Waals surface area contributed by atoms with Crippen LogP contribution < -0.4 is 6.15 Å². The molecule has 3 N–H and O–H groups in total. The van der Waals surface area contributed by atoms with Crippen molar-refractivity contribution in [3.63, 3.8) is 0 Å². The first-order valence-corrected chi connectivity index (χ1v) is 6.26. The fraction of sp³-hybridized carbons (Fsp3) is 0.214. The van der Waals surface area contributed by atoms with Crippen LogP contribution in [-0.4, -0.2) is 4.98 Å². The first-order chi connectivity index (χ1) is 7.81. The van der Waals surface area contributed by atoms with Crippen molar-refractivity contribution in [3.05, 3.63) is 64.4 Å². The summed E-state index contributed by atoms with van der Waals surface area (Å²) in [7, 11) is 0. The standard InChI is InChI=1S/C14H14BrN.H3N/c1-2-14(12-4-3-9-16-10-12)11-5-7-13(15)8-6-11;/h3-10,14H,2H2,1H3;1H3. The van der Waals surface area contributed by atoms with Gasteiger partial charge in [0.2, 0.25) is 0 Å². The number of hydrogen-bond acceptors (Lipinski definition) is 2. The van der Waals surface area contributed by atoms with Gasteiger partial charge in [0, 0.05) is 22.8 Å². The number of halogens is 1. The lowest BCUT2D eigenvalue weighted by Gasteiger charge is -2.15. The summed E-state index contributed by atoms with van der Waals surface area (Å²) < 4.78 is 1.12. The van der Waals surface area contributed by atoms with Crippen LogP contribution in [0.4, 0.5) is 0 Å². The third-order valence-electron chi connectivity index (χ3n) is 2.77. The Morgan fingerprint density at radius 2 is 1.82 bits per heavy atom. The van der Waals surface area contributed by atoms with Gasteiger partial charge < -0.3 is 6.15 Å². The third-order valence-corrected chi connectivity index (χ3v) is 3.30. The number of nitrogens with zero attached hydrogens (tertiary/aromatic N) is 1. The molecule has 1 aromatic heterocycles. The zero-order valence-corrected chi connectivity index (χ0v) is 11.5. The molecule has 3 heteroatoms. The van der Waals surface area contributed by atoms with E-state index in [1.807, 2.05) is 18.5 Å². The Morgan fingerprint density at radius 3 is 2.35 bits per heavy atom. The zero-order chi connectivity index (χ0) is 11.4. The maximum Gasteiger partial charge on any atom is 0.0306 e. The quantitative estimate of drug-likeness (QED) is 0.902. The van der Waals surface area contributed by atoms with Crippen LogP contribution in [-0.2, 0) is 0 Å². The van der Waals surface area contributed by atoms with Gasteiger partial charge in [-0.25, -0.2) is 0 Å². The van der Waals surface area contributed by atoms with Gasteiger partial charge in [-0.3, -0.25) is 4.98 Å². The Balaban J connectivity index is 0.00000144. The van der Waals surface area contributed by atoms with Crippen LogP contribution in [0.2, 0.25) is 0 Å². The van der Waals surface area contributed by atoms with Crippen LogP contribution in [0.5, 0.6) is 0 Å². The highest BCUT2D eigenvalue weighted by Crippen LogP contribution is 2.27. The molecule has 0 fully saturated rings. The summed E-state index contributed by atoms with van der Waals surface area (Å²) in [6.07, 6.45) is 4.86. The molecule has 1 atom stereocenters. The summed E-state index contributed by atoms with van der Waals surface area (Å²) >= 11 is 3.46. The Kier molecular flexibility index (Phi) is 5.32. The van der Waals surface area contributed by atoms with E-state index in [1.54, 1.807) is 0 Å². The first-order valence-electron chi connectivity index (χ1n) is 5.46. The molecule has 0 radical (unpaired) electrons. The van der Waals surface area contributed by atoms with Gasteiger partial charge in [-0.1, -0.05) is 41.1 Å². The molecule has 0 aliphatic rings. The van der Waals surface area contributed by atoms with Gasteiger partial charge in [-0.2, -0.15) is 0 Å². The molecule has 90 valence electrons. The molecule has 0 spiro atoms. The summed E-state index contributed by atoms with van der Waals surface area (Å²) in [5.74, 6) is 0.446. The molecule has 0 saturated heterocycles. The molecule has 2 rings (SSSR count). The van der Waals surface area contributed by atoms with Crippen molar-refractivity contribution < 1.29 is 0 Å². The van der Waals surface area contributed by atoms with E-state index >= 15 is 0 Å². The predicted octanol–water partition coefficient (Wildman–Crippen LogP) is 4.55. The van der Waals surface area contributed by atoms with E-state index in [0.717, 1.165) is 10.9 Å². The van der Waals surface area contributed by atoms with Crippen LogP contribution in [0.1, 0.15) is 30.4 Å². The summed E-state index contributed by atoms with van der Waals surface area (Å²) in [5.41, 5.74) is 2.63. The van der Waals surface area contributed by atoms with Crippen molar-refractivity contribution in [2.75, 3.05) is 0 Å². The minimum atomic E-state index is 0. The largest absolute Gasteiger partial charge is 0.344 e. The zero-order valence-electron chi connectivity index (χ0n) is 9.94. The maximum atomic E-state index is 4.19. The van der Waals surface area contributed by atoms with Crippen LogP contribution in [0.3, 0.4) is 0 Å². The van der Waals surface area contributed by atoms with Gasteiger partial charge in [0.15, 0.2) is 0 Å². The highest BCUT2D eigenvalue weighted by molar-refractivity contribution is 9.10. The minimum absolute atomic E-state index is 0. The van der Waals surface area contributed by atoms with E-state index in [1.165, 1.54) is 11.1 Å². The van der Waals surface area contributed by atoms with Gasteiger partial charge in [-0.05, 0) is 35.7 Å². The average Bonchev–Trinajstić information content (AvgIpc) is 2.34. The summed E-state index contributed by atoms with van der Waals surface area (Å²) in [6.45, 7) is 2.21. The average molecular weight is 293 g/mol. The molecule has 17 heavy (non-hydrogen) atoms. The van der Waals surface area contributed by atoms with Gasteiger partial charge in [0.25, 0.3) is 0 Å². The fourth-order valence-corrected chi connectivity index (χ4v) is 2.21. The molecule has 1 unspecified atom stereocenters. The second-order valence-electron chi connectivity index (χ2n) is 3.80. The van der Waals surface area contributed by atoms with E-state index < -0.39 is 0 Å². The van der Waals surface area contributed by atoms with Crippen molar-refractivity contribution in [1.29, 1.82) is 0 Å². The second kappa shape index (κ2) is 6.52. The monoisotopic (exact) mass is 292 g/mol. The van der Waals surface area contributed by atoms with Crippen molar-refractivity contribution in [3.8, 4) is 0 Å². The number of hydrogen-bond donors (Lipinski definition) is 1. The van der Waals surface area contributed by atoms with E-state index in [9.17, 15) is 0 Å². The third kappa shape index (κ3) is 3.38. The molecule has 1 heterocycles. The number of rotatable bonds is 3. The molecular formula is C14H17BrN2. The molecular weight excluding hydrogens is 276 g/mol. The van der Waals surface area contributed by atoms with Gasteiger partial charge in [0.1, 0.15) is 0 Å². The molecule has 0 saturated carbocycles. The van der Waals surface area contributed by atoms with Crippen LogP contribution in [0.15, 0.2) is 53.3 Å². The van der Waals surface area contributed by atoms with E-state index in [-0.39, 0.29) is 6.15 Å². The number of benzene rings is 1. The summed E-state index contributed by atoms with van der Waals surface area (Å²) in [5, 5.41) is 0. The topological polar surface area (TPSA) is 47.9 Å². The van der Waals surface area contributed by atoms with Crippen molar-refractivity contribution in [2.24, 2.45) is 0 Å². The summed E-state index contributed by atoms with van der Waals surface area (Å²) in [4.78, 5) is 4.19. The maximum absolute atomic E-state index is 4.19. The molecule has 0 aliphatic carbocycles. The molecule has 0 amide bonds. The molecule has 2 aromatic rings. The second-order valence-corrected chi connectivity index (χ2v) is 4.71.